The number of fused-ring (bicyclic) bond motifs is 1. The van der Waals surface area contributed by atoms with Gasteiger partial charge < -0.3 is 5.73 Å². The Kier molecular flexibility index (Phi) is 5.22. The van der Waals surface area contributed by atoms with Gasteiger partial charge in [0, 0.05) is 26.7 Å². The highest BCUT2D eigenvalue weighted by atomic mass is 32.2. The summed E-state index contributed by atoms with van der Waals surface area (Å²) in [4.78, 5) is 0. The Morgan fingerprint density at radius 3 is 2.58 bits per heavy atom. The molecule has 2 N–H and O–H groups in total. The molecule has 0 bridgehead atoms. The first-order chi connectivity index (χ1) is 9.05. The van der Waals surface area contributed by atoms with Crippen LogP contribution < -0.4 is 5.73 Å². The average Bonchev–Trinajstić information content (AvgIpc) is 2.44. The van der Waals surface area contributed by atoms with Gasteiger partial charge in [0.05, 0.1) is 0 Å². The first kappa shape index (κ1) is 15.2. The summed E-state index contributed by atoms with van der Waals surface area (Å²) in [6, 6.07) is 0. The van der Waals surface area contributed by atoms with Crippen molar-refractivity contribution in [3.05, 3.63) is 0 Å². The smallest absolute Gasteiger partial charge is 0.281 e. The van der Waals surface area contributed by atoms with Gasteiger partial charge in [-0.2, -0.15) is 17.0 Å². The Balaban J connectivity index is 1.97. The molecule has 1 saturated carbocycles. The van der Waals surface area contributed by atoms with E-state index in [4.69, 9.17) is 5.73 Å². The third-order valence-corrected chi connectivity index (χ3v) is 6.61. The number of rotatable bonds is 5. The van der Waals surface area contributed by atoms with Crippen molar-refractivity contribution in [3.63, 3.8) is 0 Å². The molecule has 1 aliphatic heterocycles. The molecule has 1 aliphatic carbocycles. The van der Waals surface area contributed by atoms with Gasteiger partial charge in [0.15, 0.2) is 0 Å². The maximum atomic E-state index is 12.5. The molecule has 5 nitrogen and oxygen atoms in total. The lowest BCUT2D eigenvalue weighted by Crippen LogP contribution is -2.49. The van der Waals surface area contributed by atoms with Crippen LogP contribution in [0.15, 0.2) is 0 Å². The molecule has 0 aromatic carbocycles. The van der Waals surface area contributed by atoms with E-state index >= 15 is 0 Å². The van der Waals surface area contributed by atoms with Gasteiger partial charge in [0.25, 0.3) is 10.2 Å². The van der Waals surface area contributed by atoms with E-state index in [-0.39, 0.29) is 0 Å². The molecule has 1 saturated heterocycles. The fraction of sp³-hybridized carbons (Fsp3) is 1.00. The second-order valence-electron chi connectivity index (χ2n) is 5.92. The van der Waals surface area contributed by atoms with Crippen molar-refractivity contribution in [1.82, 2.24) is 8.61 Å². The molecule has 0 aromatic rings. The Bertz CT molecular complexity index is 385. The molecular weight excluding hydrogens is 262 g/mol. The van der Waals surface area contributed by atoms with Crippen LogP contribution in [0.1, 0.15) is 38.5 Å². The van der Waals surface area contributed by atoms with Crippen LogP contribution in [0.2, 0.25) is 0 Å². The van der Waals surface area contributed by atoms with E-state index in [2.05, 4.69) is 0 Å². The number of piperidine rings is 1. The van der Waals surface area contributed by atoms with Gasteiger partial charge in [-0.3, -0.25) is 0 Å². The van der Waals surface area contributed by atoms with E-state index in [1.807, 2.05) is 0 Å². The molecular formula is C13H27N3O2S. The van der Waals surface area contributed by atoms with E-state index in [9.17, 15) is 8.42 Å². The summed E-state index contributed by atoms with van der Waals surface area (Å²) in [7, 11) is -1.61. The lowest BCUT2D eigenvalue weighted by atomic mass is 9.76. The standard InChI is InChI=1S/C13H27N3O2S/c1-15(9-4-8-14)19(17,18)16-10-7-12-5-2-3-6-13(12)11-16/h12-13H,2-11,14H2,1H3. The van der Waals surface area contributed by atoms with Crippen LogP contribution in [0.5, 0.6) is 0 Å². The summed E-state index contributed by atoms with van der Waals surface area (Å²) in [6.07, 6.45) is 6.83. The molecule has 2 rings (SSSR count). The minimum absolute atomic E-state index is 0.517. The number of nitrogens with two attached hydrogens (primary N) is 1. The molecule has 0 radical (unpaired) electrons. The van der Waals surface area contributed by atoms with Crippen LogP contribution in [0, 0.1) is 11.8 Å². The van der Waals surface area contributed by atoms with Crippen LogP contribution in [0.4, 0.5) is 0 Å². The fourth-order valence-electron chi connectivity index (χ4n) is 3.40. The molecule has 2 atom stereocenters. The molecule has 0 spiro atoms. The predicted molar refractivity (Wildman–Crippen MR) is 76.9 cm³/mol. The van der Waals surface area contributed by atoms with Gasteiger partial charge in [0.2, 0.25) is 0 Å². The van der Waals surface area contributed by atoms with Gasteiger partial charge in [-0.15, -0.1) is 0 Å². The zero-order valence-corrected chi connectivity index (χ0v) is 12.7. The lowest BCUT2D eigenvalue weighted by molar-refractivity contribution is 0.132. The van der Waals surface area contributed by atoms with E-state index in [0.717, 1.165) is 25.3 Å². The van der Waals surface area contributed by atoms with E-state index < -0.39 is 10.2 Å². The van der Waals surface area contributed by atoms with Gasteiger partial charge in [-0.05, 0) is 37.6 Å². The predicted octanol–water partition coefficient (Wildman–Crippen LogP) is 1.02. The minimum Gasteiger partial charge on any atom is -0.330 e. The second-order valence-corrected chi connectivity index (χ2v) is 7.96. The highest BCUT2D eigenvalue weighted by molar-refractivity contribution is 7.86. The first-order valence-electron chi connectivity index (χ1n) is 7.47. The highest BCUT2D eigenvalue weighted by Gasteiger charge is 2.37. The van der Waals surface area contributed by atoms with E-state index in [1.54, 1.807) is 11.4 Å². The van der Waals surface area contributed by atoms with Crippen LogP contribution >= 0.6 is 0 Å². The Hall–Kier alpha value is -0.170. The monoisotopic (exact) mass is 289 g/mol. The van der Waals surface area contributed by atoms with Crippen molar-refractivity contribution in [2.75, 3.05) is 33.2 Å². The van der Waals surface area contributed by atoms with Crippen molar-refractivity contribution in [3.8, 4) is 0 Å². The van der Waals surface area contributed by atoms with Gasteiger partial charge in [-0.1, -0.05) is 19.3 Å². The third kappa shape index (κ3) is 3.48. The summed E-state index contributed by atoms with van der Waals surface area (Å²) >= 11 is 0. The van der Waals surface area contributed by atoms with Crippen LogP contribution in [0.25, 0.3) is 0 Å². The van der Waals surface area contributed by atoms with Gasteiger partial charge in [-0.25, -0.2) is 0 Å². The van der Waals surface area contributed by atoms with Crippen molar-refractivity contribution in [2.45, 2.75) is 38.5 Å². The maximum absolute atomic E-state index is 12.5. The van der Waals surface area contributed by atoms with Crippen molar-refractivity contribution >= 4 is 10.2 Å². The second kappa shape index (κ2) is 6.52. The molecule has 0 aromatic heterocycles. The summed E-state index contributed by atoms with van der Waals surface area (Å²) in [6.45, 7) is 2.46. The average molecular weight is 289 g/mol. The number of hydrogen-bond donors (Lipinski definition) is 1. The van der Waals surface area contributed by atoms with E-state index in [1.165, 1.54) is 30.0 Å². The Labute approximate surface area is 117 Å². The Morgan fingerprint density at radius 1 is 1.21 bits per heavy atom. The first-order valence-corrected chi connectivity index (χ1v) is 8.87. The Morgan fingerprint density at radius 2 is 1.89 bits per heavy atom. The molecule has 2 fully saturated rings. The number of hydrogen-bond acceptors (Lipinski definition) is 3. The minimum atomic E-state index is -3.27. The molecule has 2 unspecified atom stereocenters. The molecule has 0 amide bonds. The molecule has 1 heterocycles. The lowest BCUT2D eigenvalue weighted by Gasteiger charge is -2.41. The van der Waals surface area contributed by atoms with Gasteiger partial charge >= 0.3 is 0 Å². The largest absolute Gasteiger partial charge is 0.330 e. The molecule has 19 heavy (non-hydrogen) atoms. The fourth-order valence-corrected chi connectivity index (χ4v) is 4.87. The summed E-state index contributed by atoms with van der Waals surface area (Å²) < 4.78 is 28.1. The summed E-state index contributed by atoms with van der Waals surface area (Å²) in [5.41, 5.74) is 5.45. The third-order valence-electron chi connectivity index (χ3n) is 4.65. The van der Waals surface area contributed by atoms with Crippen molar-refractivity contribution in [1.29, 1.82) is 0 Å². The topological polar surface area (TPSA) is 66.6 Å². The van der Waals surface area contributed by atoms with E-state index in [0.29, 0.717) is 25.6 Å². The van der Waals surface area contributed by atoms with Crippen LogP contribution in [-0.4, -0.2) is 50.3 Å². The van der Waals surface area contributed by atoms with Crippen LogP contribution in [-0.2, 0) is 10.2 Å². The maximum Gasteiger partial charge on any atom is 0.281 e. The normalized spacial score (nSPS) is 29.4. The highest BCUT2D eigenvalue weighted by Crippen LogP contribution is 2.37. The van der Waals surface area contributed by atoms with Crippen molar-refractivity contribution < 1.29 is 8.42 Å². The molecule has 112 valence electrons. The SMILES string of the molecule is CN(CCCN)S(=O)(=O)N1CCC2CCCCC2C1. The summed E-state index contributed by atoms with van der Waals surface area (Å²) in [5.74, 6) is 1.34. The van der Waals surface area contributed by atoms with Crippen molar-refractivity contribution in [2.24, 2.45) is 17.6 Å². The number of nitrogens with zero attached hydrogens (tertiary/aromatic N) is 2. The molecule has 2 aliphatic rings. The quantitative estimate of drug-likeness (QED) is 0.822. The zero-order valence-electron chi connectivity index (χ0n) is 11.9. The van der Waals surface area contributed by atoms with Gasteiger partial charge in [0.1, 0.15) is 0 Å². The zero-order chi connectivity index (χ0) is 13.9. The molecule has 6 heteroatoms. The summed E-state index contributed by atoms with van der Waals surface area (Å²) in [5, 5.41) is 0. The van der Waals surface area contributed by atoms with Crippen LogP contribution in [0.3, 0.4) is 0 Å².